The molecule has 4 heterocycles. The van der Waals surface area contributed by atoms with E-state index in [1.807, 2.05) is 4.57 Å². The van der Waals surface area contributed by atoms with Crippen LogP contribution in [0.2, 0.25) is 0 Å². The predicted molar refractivity (Wildman–Crippen MR) is 167 cm³/mol. The summed E-state index contributed by atoms with van der Waals surface area (Å²) in [6.07, 6.45) is -5.33. The Hall–Kier alpha value is -3.86. The van der Waals surface area contributed by atoms with Gasteiger partial charge in [0.05, 0.1) is 23.1 Å². The summed E-state index contributed by atoms with van der Waals surface area (Å²) in [5.74, 6) is -0.918. The fourth-order valence-corrected chi connectivity index (χ4v) is 8.07. The third kappa shape index (κ3) is 5.25. The lowest BCUT2D eigenvalue weighted by Crippen LogP contribution is -2.69. The van der Waals surface area contributed by atoms with Gasteiger partial charge in [0.25, 0.3) is 5.91 Å². The summed E-state index contributed by atoms with van der Waals surface area (Å²) in [6, 6.07) is 9.51. The van der Waals surface area contributed by atoms with Gasteiger partial charge >= 0.3 is 12.8 Å². The van der Waals surface area contributed by atoms with Crippen molar-refractivity contribution in [3.63, 3.8) is 0 Å². The molecule has 1 saturated carbocycles. The number of aromatic nitrogens is 3. The van der Waals surface area contributed by atoms with Crippen LogP contribution < -0.4 is 9.46 Å². The minimum atomic E-state index is -5.00. The first-order chi connectivity index (χ1) is 22.8. The van der Waals surface area contributed by atoms with Gasteiger partial charge < -0.3 is 23.9 Å². The Bertz CT molecular complexity index is 1990. The lowest BCUT2D eigenvalue weighted by molar-refractivity contribution is -0.306. The molecule has 1 amide bonds. The number of nitrogens with one attached hydrogen (secondary N) is 1. The van der Waals surface area contributed by atoms with E-state index in [2.05, 4.69) is 9.71 Å². The van der Waals surface area contributed by atoms with E-state index in [1.54, 1.807) is 52.1 Å². The third-order valence-corrected chi connectivity index (χ3v) is 11.3. The van der Waals surface area contributed by atoms with Crippen LogP contribution in [0.25, 0.3) is 22.2 Å². The molecule has 260 valence electrons. The van der Waals surface area contributed by atoms with Crippen LogP contribution in [0.5, 0.6) is 5.75 Å². The molecule has 0 radical (unpaired) electrons. The van der Waals surface area contributed by atoms with Crippen LogP contribution in [-0.2, 0) is 16.9 Å². The molecule has 7 rings (SSSR count). The fourth-order valence-electron chi connectivity index (χ4n) is 7.17. The number of carbonyl (C=O) groups is 1. The molecule has 3 aliphatic rings. The number of alkyl halides is 5. The molecule has 0 saturated heterocycles. The summed E-state index contributed by atoms with van der Waals surface area (Å²) in [5, 5.41) is 10.3. The zero-order valence-corrected chi connectivity index (χ0v) is 27.4. The maximum atomic E-state index is 15.9. The zero-order chi connectivity index (χ0) is 35.4. The van der Waals surface area contributed by atoms with Crippen LogP contribution in [0.1, 0.15) is 79.6 Å². The normalized spacial score (nSPS) is 25.7. The van der Waals surface area contributed by atoms with Crippen LogP contribution >= 0.6 is 0 Å². The summed E-state index contributed by atoms with van der Waals surface area (Å²) in [5.41, 5.74) is -3.02. The van der Waals surface area contributed by atoms with E-state index in [9.17, 15) is 36.4 Å². The SMILES string of the molecule is CN1C(=O)c2cccc(OC(F)F)c2[C@H]2C[C@@H]1c1nc3ccc(-c4cnc(C5(N[S+]([O-])C(C)(C)C)CC(O)(C(F)(F)F)C5)c(F)c4)cc3n12. The largest absolute Gasteiger partial charge is 0.598 e. The minimum absolute atomic E-state index is 0.129. The van der Waals surface area contributed by atoms with Crippen molar-refractivity contribution in [2.24, 2.45) is 0 Å². The van der Waals surface area contributed by atoms with E-state index >= 15 is 4.39 Å². The molecule has 1 aliphatic carbocycles. The van der Waals surface area contributed by atoms with Crippen molar-refractivity contribution in [3.05, 3.63) is 77.1 Å². The number of amides is 1. The van der Waals surface area contributed by atoms with Crippen LogP contribution in [0.15, 0.2) is 48.7 Å². The Morgan fingerprint density at radius 1 is 1.10 bits per heavy atom. The lowest BCUT2D eigenvalue weighted by atomic mass is 9.63. The number of imidazole rings is 1. The molecule has 1 fully saturated rings. The summed E-state index contributed by atoms with van der Waals surface area (Å²) in [6.45, 7) is 1.68. The highest BCUT2D eigenvalue weighted by molar-refractivity contribution is 7.90. The van der Waals surface area contributed by atoms with Crippen molar-refractivity contribution in [3.8, 4) is 16.9 Å². The Morgan fingerprint density at radius 2 is 1.82 bits per heavy atom. The van der Waals surface area contributed by atoms with Crippen molar-refractivity contribution in [1.29, 1.82) is 0 Å². The predicted octanol–water partition coefficient (Wildman–Crippen LogP) is 6.29. The van der Waals surface area contributed by atoms with Crippen LogP contribution in [0, 0.1) is 5.82 Å². The number of aliphatic hydroxyl groups is 1. The standard InChI is InChI=1S/C33H31F6N5O4S/c1-30(2,3)49(47)42-31(14-32(46,15-31)33(37,38)39)26-19(34)10-17(13-40-26)16-8-9-20-21(11-16)44-22-12-23(27(44)41-20)43(4)28(45)18-6-5-7-24(25(18)22)48-29(35)36/h5-11,13,22-23,29,42,46H,12,14-15H2,1-4H3/t22-,23-,31?,32?,49?/m1/s1. The van der Waals surface area contributed by atoms with Gasteiger partial charge in [-0.3, -0.25) is 9.78 Å². The second-order valence-electron chi connectivity index (χ2n) is 13.8. The van der Waals surface area contributed by atoms with E-state index in [0.717, 1.165) is 6.07 Å². The number of hydrogen-bond acceptors (Lipinski definition) is 7. The molecule has 1 unspecified atom stereocenters. The Labute approximate surface area is 279 Å². The van der Waals surface area contributed by atoms with Gasteiger partial charge in [0.1, 0.15) is 33.4 Å². The zero-order valence-electron chi connectivity index (χ0n) is 26.6. The summed E-state index contributed by atoms with van der Waals surface area (Å²) in [7, 11) is 1.62. The van der Waals surface area contributed by atoms with E-state index in [1.165, 1.54) is 23.2 Å². The topological polar surface area (TPSA) is 116 Å². The van der Waals surface area contributed by atoms with E-state index in [4.69, 9.17) is 9.72 Å². The van der Waals surface area contributed by atoms with Gasteiger partial charge in [-0.25, -0.2) is 9.37 Å². The van der Waals surface area contributed by atoms with Gasteiger partial charge in [0.2, 0.25) is 0 Å². The second-order valence-corrected chi connectivity index (χ2v) is 15.8. The summed E-state index contributed by atoms with van der Waals surface area (Å²) < 4.78 is 105. The third-order valence-electron chi connectivity index (χ3n) is 9.59. The monoisotopic (exact) mass is 707 g/mol. The van der Waals surface area contributed by atoms with Crippen molar-refractivity contribution >= 4 is 28.3 Å². The average molecular weight is 708 g/mol. The van der Waals surface area contributed by atoms with Gasteiger partial charge in [-0.1, -0.05) is 12.1 Å². The first-order valence-electron chi connectivity index (χ1n) is 15.4. The highest BCUT2D eigenvalue weighted by atomic mass is 32.2. The maximum absolute atomic E-state index is 15.9. The van der Waals surface area contributed by atoms with Crippen LogP contribution in [0.4, 0.5) is 26.3 Å². The molecule has 2 aromatic heterocycles. The van der Waals surface area contributed by atoms with Crippen LogP contribution in [-0.4, -0.2) is 65.2 Å². The molecule has 4 aromatic rings. The van der Waals surface area contributed by atoms with Crippen LogP contribution in [0.3, 0.4) is 0 Å². The summed E-state index contributed by atoms with van der Waals surface area (Å²) >= 11 is -1.93. The minimum Gasteiger partial charge on any atom is -0.598 e. The molecule has 9 nitrogen and oxygen atoms in total. The quantitative estimate of drug-likeness (QED) is 0.179. The number of pyridine rings is 1. The number of nitrogens with zero attached hydrogens (tertiary/aromatic N) is 4. The molecule has 2 aliphatic heterocycles. The second kappa shape index (κ2) is 11.1. The highest BCUT2D eigenvalue weighted by Gasteiger charge is 2.70. The Balaban J connectivity index is 1.30. The number of halogens is 6. The van der Waals surface area contributed by atoms with Crippen molar-refractivity contribution < 1.29 is 45.5 Å². The van der Waals surface area contributed by atoms with E-state index < -0.39 is 76.5 Å². The van der Waals surface area contributed by atoms with Crippen molar-refractivity contribution in [2.45, 2.75) is 80.8 Å². The Morgan fingerprint density at radius 3 is 2.45 bits per heavy atom. The number of rotatable bonds is 6. The Kier molecular flexibility index (Phi) is 7.60. The molecule has 2 N–H and O–H groups in total. The number of fused-ring (bicyclic) bond motifs is 9. The molecule has 2 aromatic carbocycles. The number of hydrogen-bond donors (Lipinski definition) is 2. The maximum Gasteiger partial charge on any atom is 0.417 e. The molecule has 3 atom stereocenters. The van der Waals surface area contributed by atoms with E-state index in [-0.39, 0.29) is 22.8 Å². The van der Waals surface area contributed by atoms with Gasteiger partial charge in [0.15, 0.2) is 5.60 Å². The first-order valence-corrected chi connectivity index (χ1v) is 16.5. The van der Waals surface area contributed by atoms with Gasteiger partial charge in [-0.2, -0.15) is 22.0 Å². The molecular formula is C33H31F6N5O4S. The highest BCUT2D eigenvalue weighted by Crippen LogP contribution is 2.56. The lowest BCUT2D eigenvalue weighted by Gasteiger charge is -2.53. The van der Waals surface area contributed by atoms with E-state index in [0.29, 0.717) is 34.4 Å². The first kappa shape index (κ1) is 33.6. The number of ether oxygens (including phenoxy) is 1. The molecule has 0 spiro atoms. The molecule has 2 bridgehead atoms. The van der Waals surface area contributed by atoms with Gasteiger partial charge in [-0.05, 0) is 56.7 Å². The smallest absolute Gasteiger partial charge is 0.417 e. The summed E-state index contributed by atoms with van der Waals surface area (Å²) in [4.78, 5) is 23.9. The van der Waals surface area contributed by atoms with Crippen molar-refractivity contribution in [1.82, 2.24) is 24.2 Å². The van der Waals surface area contributed by atoms with Crippen molar-refractivity contribution in [2.75, 3.05) is 7.05 Å². The van der Waals surface area contributed by atoms with Gasteiger partial charge in [0, 0.05) is 60.6 Å². The molecule has 49 heavy (non-hydrogen) atoms. The number of benzene rings is 2. The fraction of sp³-hybridized carbons (Fsp3) is 0.424. The van der Waals surface area contributed by atoms with Gasteiger partial charge in [-0.15, -0.1) is 4.72 Å². The number of carbonyl (C=O) groups excluding carboxylic acids is 1. The average Bonchev–Trinajstić information content (AvgIpc) is 3.51. The molecule has 16 heteroatoms. The molecular weight excluding hydrogens is 676 g/mol.